The van der Waals surface area contributed by atoms with Gasteiger partial charge in [-0.15, -0.1) is 0 Å². The fraction of sp³-hybridized carbons (Fsp3) is 0.429. The van der Waals surface area contributed by atoms with Crippen LogP contribution in [0.4, 0.5) is 25.2 Å². The number of aliphatic hydroxyl groups is 2. The minimum atomic E-state index is -10.7. The number of ketones is 2. The molecular formula is C14H19F6O4PS. The van der Waals surface area contributed by atoms with Crippen LogP contribution in [0.2, 0.25) is 0 Å². The maximum absolute atomic E-state index is 12.2. The van der Waals surface area contributed by atoms with Gasteiger partial charge in [0.2, 0.25) is 5.78 Å². The number of halogens is 6. The van der Waals surface area contributed by atoms with Gasteiger partial charge < -0.3 is 10.2 Å². The third kappa shape index (κ3) is 14.1. The molecule has 0 heterocycles. The number of carbonyl (C=O) groups excluding carboxylic acids is 2. The van der Waals surface area contributed by atoms with E-state index in [-0.39, 0.29) is 41.4 Å². The Labute approximate surface area is 148 Å². The molecule has 0 radical (unpaired) electrons. The van der Waals surface area contributed by atoms with Crippen LogP contribution in [0.5, 0.6) is 0 Å². The first-order chi connectivity index (χ1) is 11.5. The van der Waals surface area contributed by atoms with Crippen molar-refractivity contribution in [2.24, 2.45) is 0 Å². The molecule has 0 bridgehead atoms. The number of benzene rings is 1. The Balaban J connectivity index is 0.000000758. The second-order valence-corrected chi connectivity index (χ2v) is 9.34. The molecule has 0 fully saturated rings. The summed E-state index contributed by atoms with van der Waals surface area (Å²) in [7, 11) is -11.0. The fourth-order valence-corrected chi connectivity index (χ4v) is 3.34. The monoisotopic (exact) mass is 428 g/mol. The second-order valence-electron chi connectivity index (χ2n) is 5.10. The molecule has 2 N–H and O–H groups in total. The molecule has 0 aromatic heterocycles. The van der Waals surface area contributed by atoms with Crippen LogP contribution in [0, 0.1) is 0 Å². The van der Waals surface area contributed by atoms with E-state index in [0.717, 1.165) is 0 Å². The molecule has 1 aromatic carbocycles. The van der Waals surface area contributed by atoms with Gasteiger partial charge in [0.25, 0.3) is 0 Å². The summed E-state index contributed by atoms with van der Waals surface area (Å²) in [6.07, 6.45) is 0. The second kappa shape index (κ2) is 8.69. The minimum absolute atomic E-state index is 0.00471. The van der Waals surface area contributed by atoms with Crippen LogP contribution >= 0.6 is 7.81 Å². The summed E-state index contributed by atoms with van der Waals surface area (Å²) in [5, 5.41) is 17.9. The first kappa shape index (κ1) is 24.8. The zero-order chi connectivity index (χ0) is 20.7. The van der Waals surface area contributed by atoms with E-state index in [4.69, 9.17) is 10.2 Å². The first-order valence-electron chi connectivity index (χ1n) is 7.10. The Bertz CT molecular complexity index is 618. The van der Waals surface area contributed by atoms with E-state index in [2.05, 4.69) is 0 Å². The predicted octanol–water partition coefficient (Wildman–Crippen LogP) is 4.06. The van der Waals surface area contributed by atoms with Gasteiger partial charge in [0, 0.05) is 22.0 Å². The molecule has 1 aromatic rings. The molecule has 0 saturated heterocycles. The summed E-state index contributed by atoms with van der Waals surface area (Å²) in [4.78, 5) is 23.7. The van der Waals surface area contributed by atoms with Gasteiger partial charge in [-0.1, -0.05) is 24.3 Å². The molecule has 26 heavy (non-hydrogen) atoms. The van der Waals surface area contributed by atoms with Crippen LogP contribution in [-0.4, -0.2) is 52.3 Å². The Morgan fingerprint density at radius 1 is 0.923 bits per heavy atom. The van der Waals surface area contributed by atoms with Gasteiger partial charge in [-0.2, -0.15) is 0 Å². The Morgan fingerprint density at radius 3 is 1.65 bits per heavy atom. The van der Waals surface area contributed by atoms with Crippen LogP contribution in [-0.2, 0) is 10.9 Å². The molecule has 12 heteroatoms. The van der Waals surface area contributed by atoms with Crippen molar-refractivity contribution >= 4 is 30.3 Å². The van der Waals surface area contributed by atoms with E-state index in [1.54, 1.807) is 24.3 Å². The first-order valence-corrected chi connectivity index (χ1v) is 10.9. The van der Waals surface area contributed by atoms with Gasteiger partial charge in [0.1, 0.15) is 11.5 Å². The predicted molar refractivity (Wildman–Crippen MR) is 90.5 cm³/mol. The third-order valence-corrected chi connectivity index (χ3v) is 4.89. The van der Waals surface area contributed by atoms with Crippen molar-refractivity contribution in [3.05, 3.63) is 35.4 Å². The van der Waals surface area contributed by atoms with Crippen molar-refractivity contribution in [1.82, 2.24) is 0 Å². The molecule has 0 spiro atoms. The van der Waals surface area contributed by atoms with Crippen molar-refractivity contribution in [3.8, 4) is 0 Å². The van der Waals surface area contributed by atoms with Crippen molar-refractivity contribution in [1.29, 1.82) is 0 Å². The maximum atomic E-state index is 12.2. The molecule has 0 aliphatic heterocycles. The molecule has 0 aliphatic rings. The molecule has 4 nitrogen and oxygen atoms in total. The molecule has 0 atom stereocenters. The molecule has 0 amide bonds. The summed E-state index contributed by atoms with van der Waals surface area (Å²) in [6, 6.07) is 6.76. The van der Waals surface area contributed by atoms with E-state index in [9.17, 15) is 34.8 Å². The third-order valence-electron chi connectivity index (χ3n) is 2.70. The number of rotatable bonds is 8. The number of hydrogen-bond acceptors (Lipinski definition) is 4. The van der Waals surface area contributed by atoms with Crippen molar-refractivity contribution < 1.29 is 45.0 Å². The summed E-state index contributed by atoms with van der Waals surface area (Å²) < 4.78 is 59.2. The van der Waals surface area contributed by atoms with Gasteiger partial charge in [-0.05, 0) is 6.92 Å². The summed E-state index contributed by atoms with van der Waals surface area (Å²) >= 11 is 0. The molecule has 0 unspecified atom stereocenters. The Hall–Kier alpha value is -1.16. The van der Waals surface area contributed by atoms with Crippen molar-refractivity contribution in [2.75, 3.05) is 30.5 Å². The SMILES string of the molecule is CC(=O)c1ccccc1C(=O)C[S+](CCO)CCO.F[P-](F)(F)(F)(F)F. The number of aliphatic hydroxyl groups excluding tert-OH is 2. The van der Waals surface area contributed by atoms with Gasteiger partial charge in [-0.3, -0.25) is 9.59 Å². The van der Waals surface area contributed by atoms with Gasteiger partial charge in [0.15, 0.2) is 11.5 Å². The molecular weight excluding hydrogens is 409 g/mol. The Morgan fingerprint density at radius 2 is 1.31 bits per heavy atom. The normalized spacial score (nSPS) is 14.1. The van der Waals surface area contributed by atoms with Crippen molar-refractivity contribution in [2.45, 2.75) is 6.92 Å². The van der Waals surface area contributed by atoms with E-state index in [1.807, 2.05) is 0 Å². The number of hydrogen-bond donors (Lipinski definition) is 2. The summed E-state index contributed by atoms with van der Waals surface area (Å²) in [5.74, 6) is 1.05. The zero-order valence-corrected chi connectivity index (χ0v) is 15.4. The van der Waals surface area contributed by atoms with Crippen LogP contribution in [0.15, 0.2) is 24.3 Å². The topological polar surface area (TPSA) is 74.6 Å². The van der Waals surface area contributed by atoms with Crippen LogP contribution in [0.3, 0.4) is 0 Å². The van der Waals surface area contributed by atoms with Crippen LogP contribution in [0.25, 0.3) is 0 Å². The van der Waals surface area contributed by atoms with E-state index < -0.39 is 7.81 Å². The average Bonchev–Trinajstić information content (AvgIpc) is 2.44. The number of carbonyl (C=O) groups is 2. The summed E-state index contributed by atoms with van der Waals surface area (Å²) in [5.41, 5.74) is 0.868. The molecule has 1 rings (SSSR count). The molecule has 152 valence electrons. The Kier molecular flexibility index (Phi) is 8.30. The average molecular weight is 428 g/mol. The standard InChI is InChI=1S/C14H19O4S.F6P/c1-11(17)12-4-2-3-5-13(12)14(18)10-19(8-6-15)9-7-16;1-7(2,3,4,5)6/h2-5,15-16H,6-10H2,1H3;/q+1;-1. The van der Waals surface area contributed by atoms with E-state index in [0.29, 0.717) is 22.6 Å². The number of Topliss-reactive ketones (excluding diaryl/α,β-unsaturated/α-hetero) is 2. The summed E-state index contributed by atoms with van der Waals surface area (Å²) in [6.45, 7) is 1.45. The van der Waals surface area contributed by atoms with Crippen LogP contribution in [0.1, 0.15) is 27.6 Å². The van der Waals surface area contributed by atoms with Gasteiger partial charge >= 0.3 is 33.0 Å². The van der Waals surface area contributed by atoms with Gasteiger partial charge in [0.05, 0.1) is 13.2 Å². The van der Waals surface area contributed by atoms with Gasteiger partial charge in [-0.25, -0.2) is 0 Å². The quantitative estimate of drug-likeness (QED) is 0.284. The molecule has 0 aliphatic carbocycles. The van der Waals surface area contributed by atoms with E-state index >= 15 is 0 Å². The van der Waals surface area contributed by atoms with Crippen molar-refractivity contribution in [3.63, 3.8) is 0 Å². The fourth-order valence-electron chi connectivity index (χ4n) is 1.80. The van der Waals surface area contributed by atoms with E-state index in [1.165, 1.54) is 6.92 Å². The molecule has 0 saturated carbocycles. The zero-order valence-electron chi connectivity index (χ0n) is 13.7. The van der Waals surface area contributed by atoms with Crippen LogP contribution < -0.4 is 0 Å².